The highest BCUT2D eigenvalue weighted by molar-refractivity contribution is 5.91. The molecule has 18 heavy (non-hydrogen) atoms. The van der Waals surface area contributed by atoms with E-state index >= 15 is 0 Å². The van der Waals surface area contributed by atoms with E-state index in [0.717, 1.165) is 12.2 Å². The summed E-state index contributed by atoms with van der Waals surface area (Å²) in [5.74, 6) is -1.23. The maximum Gasteiger partial charge on any atom is 0.331 e. The van der Waals surface area contributed by atoms with Gasteiger partial charge in [0.25, 0.3) is 0 Å². The zero-order valence-corrected chi connectivity index (χ0v) is 10.2. The first-order valence-corrected chi connectivity index (χ1v) is 5.68. The summed E-state index contributed by atoms with van der Waals surface area (Å²) in [6.45, 7) is 3.57. The zero-order valence-electron chi connectivity index (χ0n) is 10.2. The Kier molecular flexibility index (Phi) is 5.69. The Hall–Kier alpha value is -2.05. The van der Waals surface area contributed by atoms with Crippen molar-refractivity contribution in [3.8, 4) is 0 Å². The highest BCUT2D eigenvalue weighted by Gasteiger charge is 2.18. The van der Waals surface area contributed by atoms with Crippen LogP contribution < -0.4 is 5.32 Å². The second-order valence-electron chi connectivity index (χ2n) is 3.47. The van der Waals surface area contributed by atoms with Gasteiger partial charge >= 0.3 is 18.0 Å². The molecule has 0 unspecified atom stereocenters. The summed E-state index contributed by atoms with van der Waals surface area (Å²) in [4.78, 5) is 34.7. The molecule has 1 rings (SSSR count). The van der Waals surface area contributed by atoms with E-state index in [1.807, 2.05) is 0 Å². The Morgan fingerprint density at radius 2 is 2.00 bits per heavy atom. The number of urea groups is 1. The summed E-state index contributed by atoms with van der Waals surface area (Å²) in [5.41, 5.74) is 0. The van der Waals surface area contributed by atoms with Gasteiger partial charge in [-0.05, 0) is 6.92 Å². The third-order valence-corrected chi connectivity index (χ3v) is 2.19. The Morgan fingerprint density at radius 3 is 2.56 bits per heavy atom. The molecule has 0 saturated carbocycles. The van der Waals surface area contributed by atoms with Crippen molar-refractivity contribution in [3.63, 3.8) is 0 Å². The predicted molar refractivity (Wildman–Crippen MR) is 61.7 cm³/mol. The van der Waals surface area contributed by atoms with E-state index in [1.165, 1.54) is 0 Å². The topological polar surface area (TPSA) is 84.9 Å². The number of carbonyl (C=O) groups excluding carboxylic acids is 3. The van der Waals surface area contributed by atoms with Crippen molar-refractivity contribution in [1.82, 2.24) is 10.2 Å². The molecule has 1 saturated heterocycles. The lowest BCUT2D eigenvalue weighted by Crippen LogP contribution is -2.31. The lowest BCUT2D eigenvalue weighted by Gasteiger charge is -2.12. The summed E-state index contributed by atoms with van der Waals surface area (Å²) >= 11 is 0. The molecule has 1 heterocycles. The van der Waals surface area contributed by atoms with E-state index in [4.69, 9.17) is 4.74 Å². The third kappa shape index (κ3) is 4.86. The van der Waals surface area contributed by atoms with Crippen LogP contribution in [0.1, 0.15) is 6.92 Å². The summed E-state index contributed by atoms with van der Waals surface area (Å²) in [6.07, 6.45) is 2.01. The molecule has 0 spiro atoms. The molecule has 2 amide bonds. The molecule has 0 aliphatic carbocycles. The monoisotopic (exact) mass is 256 g/mol. The molecule has 1 aliphatic rings. The molecule has 7 heteroatoms. The Morgan fingerprint density at radius 1 is 1.33 bits per heavy atom. The van der Waals surface area contributed by atoms with E-state index in [-0.39, 0.29) is 19.2 Å². The fraction of sp³-hybridized carbons (Fsp3) is 0.545. The smallest absolute Gasteiger partial charge is 0.331 e. The van der Waals surface area contributed by atoms with Crippen LogP contribution in [-0.4, -0.2) is 55.7 Å². The second-order valence-corrected chi connectivity index (χ2v) is 3.47. The van der Waals surface area contributed by atoms with Crippen LogP contribution in [0.2, 0.25) is 0 Å². The lowest BCUT2D eigenvalue weighted by molar-refractivity contribution is -0.140. The predicted octanol–water partition coefficient (Wildman–Crippen LogP) is -0.326. The number of rotatable bonds is 6. The number of carbonyl (C=O) groups is 3. The number of nitrogens with one attached hydrogen (secondary N) is 1. The van der Waals surface area contributed by atoms with E-state index in [1.54, 1.807) is 11.8 Å². The van der Waals surface area contributed by atoms with Gasteiger partial charge in [0, 0.05) is 25.2 Å². The van der Waals surface area contributed by atoms with Crippen LogP contribution in [0.15, 0.2) is 12.2 Å². The van der Waals surface area contributed by atoms with Gasteiger partial charge < -0.3 is 19.7 Å². The molecule has 1 fully saturated rings. The molecule has 0 radical (unpaired) electrons. The largest absolute Gasteiger partial charge is 0.463 e. The zero-order chi connectivity index (χ0) is 13.4. The minimum atomic E-state index is -0.636. The molecule has 1 N–H and O–H groups in total. The fourth-order valence-corrected chi connectivity index (χ4v) is 1.36. The van der Waals surface area contributed by atoms with E-state index in [0.29, 0.717) is 19.6 Å². The van der Waals surface area contributed by atoms with Crippen molar-refractivity contribution in [1.29, 1.82) is 0 Å². The summed E-state index contributed by atoms with van der Waals surface area (Å²) in [6, 6.07) is -0.159. The number of hydrogen-bond acceptors (Lipinski definition) is 5. The van der Waals surface area contributed by atoms with Crippen molar-refractivity contribution in [2.24, 2.45) is 0 Å². The minimum Gasteiger partial charge on any atom is -0.463 e. The van der Waals surface area contributed by atoms with E-state index in [9.17, 15) is 14.4 Å². The first kappa shape index (κ1) is 14.0. The molecule has 1 aliphatic heterocycles. The molecule has 0 aromatic heterocycles. The van der Waals surface area contributed by atoms with Crippen molar-refractivity contribution in [2.75, 3.05) is 32.8 Å². The van der Waals surface area contributed by atoms with Crippen molar-refractivity contribution in [2.45, 2.75) is 6.92 Å². The number of nitrogens with zero attached hydrogens (tertiary/aromatic N) is 1. The molecular weight excluding hydrogens is 240 g/mol. The van der Waals surface area contributed by atoms with E-state index < -0.39 is 11.9 Å². The summed E-state index contributed by atoms with van der Waals surface area (Å²) in [7, 11) is 0. The number of ether oxygens (including phenoxy) is 2. The van der Waals surface area contributed by atoms with Crippen molar-refractivity contribution >= 4 is 18.0 Å². The maximum atomic E-state index is 11.2. The molecule has 100 valence electrons. The highest BCUT2D eigenvalue weighted by Crippen LogP contribution is 1.96. The van der Waals surface area contributed by atoms with Gasteiger partial charge in [0.15, 0.2) is 0 Å². The van der Waals surface area contributed by atoms with Gasteiger partial charge in [-0.15, -0.1) is 0 Å². The Labute approximate surface area is 105 Å². The highest BCUT2D eigenvalue weighted by atomic mass is 16.5. The van der Waals surface area contributed by atoms with Crippen molar-refractivity contribution in [3.05, 3.63) is 12.2 Å². The Bertz CT molecular complexity index is 353. The van der Waals surface area contributed by atoms with Gasteiger partial charge in [0.1, 0.15) is 6.61 Å². The average molecular weight is 256 g/mol. The number of esters is 2. The lowest BCUT2D eigenvalue weighted by atomic mass is 10.5. The Balaban J connectivity index is 2.17. The molecule has 0 bridgehead atoms. The molecule has 0 aromatic rings. The molecule has 7 nitrogen and oxygen atoms in total. The number of amides is 2. The second kappa shape index (κ2) is 7.31. The normalized spacial score (nSPS) is 14.7. The molecular formula is C11H16N2O5. The van der Waals surface area contributed by atoms with Crippen molar-refractivity contribution < 1.29 is 23.9 Å². The van der Waals surface area contributed by atoms with Gasteiger partial charge in [0.05, 0.1) is 13.2 Å². The van der Waals surface area contributed by atoms with E-state index in [2.05, 4.69) is 10.1 Å². The number of hydrogen-bond donors (Lipinski definition) is 1. The minimum absolute atomic E-state index is 0.0966. The van der Waals surface area contributed by atoms with Crippen LogP contribution in [0.4, 0.5) is 4.79 Å². The van der Waals surface area contributed by atoms with Gasteiger partial charge in [0.2, 0.25) is 0 Å². The van der Waals surface area contributed by atoms with Gasteiger partial charge in [-0.1, -0.05) is 0 Å². The SMILES string of the molecule is CCOC(=O)/C=C\C(=O)OCCN1CCNC1=O. The average Bonchev–Trinajstić information content (AvgIpc) is 2.73. The molecule has 0 aromatic carbocycles. The van der Waals surface area contributed by atoms with Gasteiger partial charge in [-0.3, -0.25) is 0 Å². The first-order valence-electron chi connectivity index (χ1n) is 5.68. The van der Waals surface area contributed by atoms with Crippen LogP contribution in [0, 0.1) is 0 Å². The van der Waals surface area contributed by atoms with Crippen LogP contribution in [-0.2, 0) is 19.1 Å². The third-order valence-electron chi connectivity index (χ3n) is 2.19. The fourth-order valence-electron chi connectivity index (χ4n) is 1.36. The van der Waals surface area contributed by atoms with Crippen LogP contribution in [0.25, 0.3) is 0 Å². The van der Waals surface area contributed by atoms with Crippen LogP contribution in [0.3, 0.4) is 0 Å². The quantitative estimate of drug-likeness (QED) is 0.520. The van der Waals surface area contributed by atoms with Gasteiger partial charge in [-0.25, -0.2) is 14.4 Å². The van der Waals surface area contributed by atoms with Gasteiger partial charge in [-0.2, -0.15) is 0 Å². The molecule has 0 atom stereocenters. The van der Waals surface area contributed by atoms with Crippen LogP contribution >= 0.6 is 0 Å². The standard InChI is InChI=1S/C11H16N2O5/c1-2-17-9(14)3-4-10(15)18-8-7-13-6-5-12-11(13)16/h3-4H,2,5-8H2,1H3,(H,12,16)/b4-3-. The van der Waals surface area contributed by atoms with Crippen LogP contribution in [0.5, 0.6) is 0 Å². The first-order chi connectivity index (χ1) is 8.63. The summed E-state index contributed by atoms with van der Waals surface area (Å²) in [5, 5.41) is 2.63. The maximum absolute atomic E-state index is 11.2. The summed E-state index contributed by atoms with van der Waals surface area (Å²) < 4.78 is 9.42.